The predicted molar refractivity (Wildman–Crippen MR) is 88.1 cm³/mol. The Balaban J connectivity index is 2.38. The highest BCUT2D eigenvalue weighted by Gasteiger charge is 2.42. The molecule has 0 spiro atoms. The van der Waals surface area contributed by atoms with Crippen molar-refractivity contribution in [2.45, 2.75) is 30.5 Å². The van der Waals surface area contributed by atoms with Crippen molar-refractivity contribution < 1.29 is 26.5 Å². The number of nitrogens with one attached hydrogen (secondary N) is 1. The summed E-state index contributed by atoms with van der Waals surface area (Å²) in [6.07, 6.45) is -5.44. The maximum Gasteiger partial charge on any atom is 0.405 e. The molecule has 0 saturated heterocycles. The van der Waals surface area contributed by atoms with Crippen molar-refractivity contribution in [2.75, 3.05) is 0 Å². The molecule has 2 rings (SSSR count). The number of hydrogen-bond donors (Lipinski definition) is 1. The number of non-ortho nitro benzene ring substituents is 1. The standard InChI is InChI=1S/C16H15F3N2O4S/c1-11-7-8-13(21(22)23)10-14(11)26(24,25)20-15(16(17,18)19)9-12-5-3-2-4-6-12/h2-8,10,15,20H,9H2,1H3. The third-order valence-corrected chi connectivity index (χ3v) is 5.26. The fourth-order valence-electron chi connectivity index (χ4n) is 2.32. The van der Waals surface area contributed by atoms with E-state index >= 15 is 0 Å². The van der Waals surface area contributed by atoms with Gasteiger partial charge in [0.15, 0.2) is 0 Å². The zero-order valence-electron chi connectivity index (χ0n) is 13.5. The molecule has 0 aliphatic carbocycles. The highest BCUT2D eigenvalue weighted by molar-refractivity contribution is 7.89. The molecule has 6 nitrogen and oxygen atoms in total. The molecule has 0 bridgehead atoms. The topological polar surface area (TPSA) is 89.3 Å². The molecule has 140 valence electrons. The Bertz CT molecular complexity index is 899. The summed E-state index contributed by atoms with van der Waals surface area (Å²) in [6, 6.07) is 8.25. The second-order valence-corrected chi connectivity index (χ2v) is 7.29. The first kappa shape index (κ1) is 19.9. The van der Waals surface area contributed by atoms with E-state index in [0.717, 1.165) is 12.1 Å². The van der Waals surface area contributed by atoms with Crippen LogP contribution in [0.15, 0.2) is 53.4 Å². The van der Waals surface area contributed by atoms with E-state index in [0.29, 0.717) is 5.56 Å². The van der Waals surface area contributed by atoms with Gasteiger partial charge in [-0.05, 0) is 24.5 Å². The fourth-order valence-corrected chi connectivity index (χ4v) is 3.80. The van der Waals surface area contributed by atoms with Crippen LogP contribution in [0.4, 0.5) is 18.9 Å². The Morgan fingerprint density at radius 3 is 2.31 bits per heavy atom. The summed E-state index contributed by atoms with van der Waals surface area (Å²) in [5.41, 5.74) is -0.125. The molecule has 2 aromatic rings. The maximum absolute atomic E-state index is 13.3. The lowest BCUT2D eigenvalue weighted by Crippen LogP contribution is -2.46. The summed E-state index contributed by atoms with van der Waals surface area (Å²) in [5.74, 6) is 0. The van der Waals surface area contributed by atoms with Crippen molar-refractivity contribution in [3.05, 3.63) is 69.8 Å². The van der Waals surface area contributed by atoms with Crippen LogP contribution in [-0.2, 0) is 16.4 Å². The summed E-state index contributed by atoms with van der Waals surface area (Å²) in [5, 5.41) is 10.8. The van der Waals surface area contributed by atoms with Crippen molar-refractivity contribution in [3.63, 3.8) is 0 Å². The van der Waals surface area contributed by atoms with Crippen LogP contribution in [0, 0.1) is 17.0 Å². The second-order valence-electron chi connectivity index (χ2n) is 5.61. The van der Waals surface area contributed by atoms with E-state index in [4.69, 9.17) is 0 Å². The van der Waals surface area contributed by atoms with Crippen molar-refractivity contribution in [1.29, 1.82) is 0 Å². The largest absolute Gasteiger partial charge is 0.405 e. The maximum atomic E-state index is 13.3. The molecule has 26 heavy (non-hydrogen) atoms. The normalized spacial score (nSPS) is 13.4. The van der Waals surface area contributed by atoms with Gasteiger partial charge in [-0.2, -0.15) is 17.9 Å². The average molecular weight is 388 g/mol. The molecular weight excluding hydrogens is 373 g/mol. The molecule has 0 fully saturated rings. The number of benzene rings is 2. The number of nitro groups is 1. The Labute approximate surface area is 147 Å². The van der Waals surface area contributed by atoms with E-state index in [9.17, 15) is 31.7 Å². The van der Waals surface area contributed by atoms with Crippen molar-refractivity contribution >= 4 is 15.7 Å². The monoisotopic (exact) mass is 388 g/mol. The first-order valence-corrected chi connectivity index (χ1v) is 8.87. The second kappa shape index (κ2) is 7.42. The first-order valence-electron chi connectivity index (χ1n) is 7.39. The molecule has 1 unspecified atom stereocenters. The minimum atomic E-state index is -4.84. The smallest absolute Gasteiger partial charge is 0.258 e. The molecule has 0 aromatic heterocycles. The Kier molecular flexibility index (Phi) is 5.67. The zero-order valence-corrected chi connectivity index (χ0v) is 14.3. The van der Waals surface area contributed by atoms with Gasteiger partial charge in [-0.25, -0.2) is 8.42 Å². The van der Waals surface area contributed by atoms with Gasteiger partial charge in [-0.3, -0.25) is 10.1 Å². The van der Waals surface area contributed by atoms with Gasteiger partial charge in [0, 0.05) is 12.1 Å². The number of halogens is 3. The molecule has 0 amide bonds. The van der Waals surface area contributed by atoms with Crippen LogP contribution in [0.25, 0.3) is 0 Å². The molecule has 0 saturated carbocycles. The van der Waals surface area contributed by atoms with Gasteiger partial charge < -0.3 is 0 Å². The van der Waals surface area contributed by atoms with Crippen LogP contribution >= 0.6 is 0 Å². The third-order valence-electron chi connectivity index (χ3n) is 3.65. The van der Waals surface area contributed by atoms with E-state index in [1.54, 1.807) is 22.9 Å². The predicted octanol–water partition coefficient (Wildman–Crippen LogP) is 3.36. The van der Waals surface area contributed by atoms with Crippen LogP contribution in [0.3, 0.4) is 0 Å². The van der Waals surface area contributed by atoms with Crippen LogP contribution in [-0.4, -0.2) is 25.6 Å². The first-order chi connectivity index (χ1) is 12.0. The van der Waals surface area contributed by atoms with E-state index in [1.165, 1.54) is 25.1 Å². The molecule has 0 radical (unpaired) electrons. The fraction of sp³-hybridized carbons (Fsp3) is 0.250. The molecule has 0 aliphatic heterocycles. The van der Waals surface area contributed by atoms with Crippen LogP contribution < -0.4 is 4.72 Å². The van der Waals surface area contributed by atoms with Gasteiger partial charge in [0.2, 0.25) is 10.0 Å². The lowest BCUT2D eigenvalue weighted by atomic mass is 10.1. The minimum absolute atomic E-state index is 0.101. The van der Waals surface area contributed by atoms with Crippen molar-refractivity contribution in [1.82, 2.24) is 4.72 Å². The van der Waals surface area contributed by atoms with Gasteiger partial charge in [-0.1, -0.05) is 36.4 Å². The summed E-state index contributed by atoms with van der Waals surface area (Å²) in [6.45, 7) is 1.35. The Hall–Kier alpha value is -2.46. The average Bonchev–Trinajstić information content (AvgIpc) is 2.54. The highest BCUT2D eigenvalue weighted by Crippen LogP contribution is 2.27. The van der Waals surface area contributed by atoms with Crippen LogP contribution in [0.1, 0.15) is 11.1 Å². The lowest BCUT2D eigenvalue weighted by Gasteiger charge is -2.22. The third kappa shape index (κ3) is 4.79. The molecule has 0 aliphatic rings. The van der Waals surface area contributed by atoms with Crippen molar-refractivity contribution in [3.8, 4) is 0 Å². The van der Waals surface area contributed by atoms with Crippen LogP contribution in [0.2, 0.25) is 0 Å². The van der Waals surface area contributed by atoms with Gasteiger partial charge in [0.05, 0.1) is 9.82 Å². The minimum Gasteiger partial charge on any atom is -0.258 e. The lowest BCUT2D eigenvalue weighted by molar-refractivity contribution is -0.385. The number of sulfonamides is 1. The van der Waals surface area contributed by atoms with E-state index in [2.05, 4.69) is 0 Å². The van der Waals surface area contributed by atoms with Gasteiger partial charge >= 0.3 is 6.18 Å². The molecular formula is C16H15F3N2O4S. The van der Waals surface area contributed by atoms with E-state index < -0.39 is 44.2 Å². The molecule has 10 heteroatoms. The SMILES string of the molecule is Cc1ccc([N+](=O)[O-])cc1S(=O)(=O)NC(Cc1ccccc1)C(F)(F)F. The van der Waals surface area contributed by atoms with Gasteiger partial charge in [0.1, 0.15) is 6.04 Å². The number of alkyl halides is 3. The van der Waals surface area contributed by atoms with E-state index in [1.807, 2.05) is 0 Å². The highest BCUT2D eigenvalue weighted by atomic mass is 32.2. The van der Waals surface area contributed by atoms with Gasteiger partial charge in [-0.15, -0.1) is 0 Å². The number of hydrogen-bond acceptors (Lipinski definition) is 4. The molecule has 0 heterocycles. The molecule has 1 atom stereocenters. The Morgan fingerprint density at radius 1 is 1.15 bits per heavy atom. The zero-order chi connectivity index (χ0) is 19.5. The quantitative estimate of drug-likeness (QED) is 0.607. The summed E-state index contributed by atoms with van der Waals surface area (Å²) in [4.78, 5) is 9.45. The van der Waals surface area contributed by atoms with Crippen LogP contribution in [0.5, 0.6) is 0 Å². The number of nitro benzene ring substituents is 1. The Morgan fingerprint density at radius 2 is 1.77 bits per heavy atom. The van der Waals surface area contributed by atoms with E-state index in [-0.39, 0.29) is 5.56 Å². The number of aryl methyl sites for hydroxylation is 1. The summed E-state index contributed by atoms with van der Waals surface area (Å²) >= 11 is 0. The van der Waals surface area contributed by atoms with Gasteiger partial charge in [0.25, 0.3) is 5.69 Å². The van der Waals surface area contributed by atoms with Crippen molar-refractivity contribution in [2.24, 2.45) is 0 Å². The number of rotatable bonds is 6. The number of nitrogens with zero attached hydrogens (tertiary/aromatic N) is 1. The summed E-state index contributed by atoms with van der Waals surface area (Å²) < 4.78 is 66.5. The molecule has 2 aromatic carbocycles. The summed E-state index contributed by atoms with van der Waals surface area (Å²) in [7, 11) is -4.62. The molecule has 1 N–H and O–H groups in total.